The minimum absolute atomic E-state index is 0.162. The smallest absolute Gasteiger partial charge is 0.248 e. The van der Waals surface area contributed by atoms with Gasteiger partial charge in [0.05, 0.1) is 6.61 Å². The predicted octanol–water partition coefficient (Wildman–Crippen LogP) is 6.02. The molecule has 0 saturated carbocycles. The third kappa shape index (κ3) is 4.80. The molecule has 0 saturated heterocycles. The molecular formula is C27H30N2O4. The summed E-state index contributed by atoms with van der Waals surface area (Å²) in [6.07, 6.45) is 5.89. The number of carbonyl (C=O) groups excluding carboxylic acids is 2. The number of nitrogens with one attached hydrogen (secondary N) is 2. The van der Waals surface area contributed by atoms with Crippen LogP contribution in [-0.4, -0.2) is 18.4 Å². The molecule has 172 valence electrons. The minimum Gasteiger partial charge on any atom is -0.493 e. The molecule has 1 aliphatic rings. The highest BCUT2D eigenvalue weighted by Crippen LogP contribution is 2.41. The molecular weight excluding hydrogens is 416 g/mol. The molecule has 0 spiro atoms. The Labute approximate surface area is 194 Å². The summed E-state index contributed by atoms with van der Waals surface area (Å²) in [6, 6.07) is 9.17. The first-order valence-electron chi connectivity index (χ1n) is 11.4. The molecule has 0 bridgehead atoms. The van der Waals surface area contributed by atoms with Crippen molar-refractivity contribution in [3.8, 4) is 5.75 Å². The lowest BCUT2D eigenvalue weighted by molar-refractivity contribution is -0.114. The van der Waals surface area contributed by atoms with Crippen molar-refractivity contribution in [3.63, 3.8) is 0 Å². The third-order valence-corrected chi connectivity index (χ3v) is 5.94. The van der Waals surface area contributed by atoms with Gasteiger partial charge in [0.2, 0.25) is 11.8 Å². The number of ether oxygens (including phenoxy) is 1. The number of benzene rings is 2. The van der Waals surface area contributed by atoms with E-state index in [9.17, 15) is 9.59 Å². The van der Waals surface area contributed by atoms with Gasteiger partial charge < -0.3 is 19.8 Å². The molecule has 0 unspecified atom stereocenters. The van der Waals surface area contributed by atoms with Crippen molar-refractivity contribution in [1.29, 1.82) is 0 Å². The highest BCUT2D eigenvalue weighted by atomic mass is 16.5. The minimum atomic E-state index is -0.248. The number of carbonyl (C=O) groups is 2. The van der Waals surface area contributed by atoms with Crippen LogP contribution in [0.5, 0.6) is 5.75 Å². The van der Waals surface area contributed by atoms with E-state index in [4.69, 9.17) is 9.15 Å². The number of hydrogen-bond acceptors (Lipinski definition) is 4. The van der Waals surface area contributed by atoms with E-state index in [2.05, 4.69) is 16.7 Å². The Morgan fingerprint density at radius 2 is 1.82 bits per heavy atom. The Bertz CT molecular complexity index is 1250. The number of amides is 2. The normalized spacial score (nSPS) is 13.5. The second-order valence-corrected chi connectivity index (χ2v) is 8.48. The van der Waals surface area contributed by atoms with Crippen LogP contribution in [0.3, 0.4) is 0 Å². The average molecular weight is 447 g/mol. The Kier molecular flexibility index (Phi) is 6.54. The molecule has 4 rings (SSSR count). The monoisotopic (exact) mass is 446 g/mol. The van der Waals surface area contributed by atoms with Gasteiger partial charge in [-0.2, -0.15) is 0 Å². The number of anilines is 2. The molecule has 0 fully saturated rings. The van der Waals surface area contributed by atoms with Gasteiger partial charge in [0, 0.05) is 52.9 Å². The molecule has 6 heteroatoms. The lowest BCUT2D eigenvalue weighted by Gasteiger charge is -2.15. The van der Waals surface area contributed by atoms with Gasteiger partial charge in [-0.25, -0.2) is 0 Å². The SMILES string of the molecule is CCOc1c(/C(C)=C/C(=O)Nc2cccc(NC(C)=O)c2)cc2c3c(oc2c1C)CCCC3. The summed E-state index contributed by atoms with van der Waals surface area (Å²) in [7, 11) is 0. The summed E-state index contributed by atoms with van der Waals surface area (Å²) >= 11 is 0. The van der Waals surface area contributed by atoms with E-state index in [1.54, 1.807) is 30.3 Å². The Hall–Kier alpha value is -3.54. The molecule has 33 heavy (non-hydrogen) atoms. The molecule has 0 radical (unpaired) electrons. The van der Waals surface area contributed by atoms with Crippen LogP contribution < -0.4 is 15.4 Å². The number of rotatable bonds is 6. The summed E-state index contributed by atoms with van der Waals surface area (Å²) in [4.78, 5) is 24.1. The fourth-order valence-corrected chi connectivity index (χ4v) is 4.49. The first-order chi connectivity index (χ1) is 15.9. The summed E-state index contributed by atoms with van der Waals surface area (Å²) in [5, 5.41) is 6.72. The number of allylic oxidation sites excluding steroid dienone is 1. The fourth-order valence-electron chi connectivity index (χ4n) is 4.49. The van der Waals surface area contributed by atoms with Crippen LogP contribution in [0.4, 0.5) is 11.4 Å². The molecule has 0 atom stereocenters. The summed E-state index contributed by atoms with van der Waals surface area (Å²) < 4.78 is 12.2. The van der Waals surface area contributed by atoms with E-state index in [0.29, 0.717) is 18.0 Å². The maximum absolute atomic E-state index is 12.8. The standard InChI is InChI=1S/C27H30N2O4/c1-5-32-26-17(3)27-23(21-11-6-7-12-24(21)33-27)15-22(26)16(2)13-25(31)29-20-10-8-9-19(14-20)28-18(4)30/h8-10,13-15H,5-7,11-12H2,1-4H3,(H,28,30)(H,29,31)/b16-13+. The lowest BCUT2D eigenvalue weighted by Crippen LogP contribution is -2.10. The zero-order chi connectivity index (χ0) is 23.5. The first-order valence-corrected chi connectivity index (χ1v) is 11.4. The van der Waals surface area contributed by atoms with Gasteiger partial charge >= 0.3 is 0 Å². The van der Waals surface area contributed by atoms with E-state index < -0.39 is 0 Å². The molecule has 2 aromatic carbocycles. The Balaban J connectivity index is 1.67. The van der Waals surface area contributed by atoms with Gasteiger partial charge in [0.1, 0.15) is 17.1 Å². The van der Waals surface area contributed by atoms with E-state index in [0.717, 1.165) is 64.9 Å². The number of furan rings is 1. The van der Waals surface area contributed by atoms with E-state index in [1.807, 2.05) is 20.8 Å². The Morgan fingerprint density at radius 3 is 2.55 bits per heavy atom. The predicted molar refractivity (Wildman–Crippen MR) is 132 cm³/mol. The van der Waals surface area contributed by atoms with Gasteiger partial charge in [-0.3, -0.25) is 9.59 Å². The zero-order valence-electron chi connectivity index (χ0n) is 19.6. The highest BCUT2D eigenvalue weighted by molar-refractivity contribution is 6.05. The molecule has 2 N–H and O–H groups in total. The third-order valence-electron chi connectivity index (χ3n) is 5.94. The van der Waals surface area contributed by atoms with Crippen molar-refractivity contribution in [3.05, 3.63) is 58.9 Å². The number of hydrogen-bond donors (Lipinski definition) is 2. The lowest BCUT2D eigenvalue weighted by atomic mass is 9.93. The second kappa shape index (κ2) is 9.53. The van der Waals surface area contributed by atoms with Crippen molar-refractivity contribution in [2.75, 3.05) is 17.2 Å². The second-order valence-electron chi connectivity index (χ2n) is 8.48. The number of fused-ring (bicyclic) bond motifs is 3. The van der Waals surface area contributed by atoms with E-state index in [1.165, 1.54) is 12.5 Å². The molecule has 0 aliphatic heterocycles. The molecule has 3 aromatic rings. The fraction of sp³-hybridized carbons (Fsp3) is 0.333. The van der Waals surface area contributed by atoms with Gasteiger partial charge in [-0.05, 0) is 69.9 Å². The molecule has 1 aliphatic carbocycles. The van der Waals surface area contributed by atoms with Crippen LogP contribution in [0.25, 0.3) is 16.5 Å². The van der Waals surface area contributed by atoms with Crippen molar-refractivity contribution >= 4 is 39.7 Å². The van der Waals surface area contributed by atoms with Gasteiger partial charge in [0.15, 0.2) is 0 Å². The zero-order valence-corrected chi connectivity index (χ0v) is 19.6. The van der Waals surface area contributed by atoms with Gasteiger partial charge in [-0.1, -0.05) is 6.07 Å². The molecule has 1 aromatic heterocycles. The van der Waals surface area contributed by atoms with Crippen molar-refractivity contribution in [2.45, 2.75) is 53.4 Å². The number of aryl methyl sites for hydroxylation is 3. The van der Waals surface area contributed by atoms with Crippen molar-refractivity contribution in [2.24, 2.45) is 0 Å². The summed E-state index contributed by atoms with van der Waals surface area (Å²) in [6.45, 7) is 7.86. The maximum Gasteiger partial charge on any atom is 0.248 e. The summed E-state index contributed by atoms with van der Waals surface area (Å²) in [5.41, 5.74) is 6.09. The van der Waals surface area contributed by atoms with Gasteiger partial charge in [0.25, 0.3) is 0 Å². The van der Waals surface area contributed by atoms with Crippen molar-refractivity contribution < 1.29 is 18.7 Å². The maximum atomic E-state index is 12.8. The van der Waals surface area contributed by atoms with Crippen LogP contribution in [0.1, 0.15) is 56.1 Å². The quantitative estimate of drug-likeness (QED) is 0.454. The Morgan fingerprint density at radius 1 is 1.09 bits per heavy atom. The van der Waals surface area contributed by atoms with Gasteiger partial charge in [-0.15, -0.1) is 0 Å². The van der Waals surface area contributed by atoms with Crippen LogP contribution in [0.2, 0.25) is 0 Å². The van der Waals surface area contributed by atoms with Crippen LogP contribution in [-0.2, 0) is 22.4 Å². The molecule has 2 amide bonds. The molecule has 6 nitrogen and oxygen atoms in total. The average Bonchev–Trinajstić information content (AvgIpc) is 3.14. The first kappa shape index (κ1) is 22.6. The van der Waals surface area contributed by atoms with Crippen LogP contribution in [0, 0.1) is 6.92 Å². The van der Waals surface area contributed by atoms with Crippen LogP contribution >= 0.6 is 0 Å². The topological polar surface area (TPSA) is 80.6 Å². The summed E-state index contributed by atoms with van der Waals surface area (Å²) in [5.74, 6) is 1.43. The van der Waals surface area contributed by atoms with E-state index in [-0.39, 0.29) is 11.8 Å². The highest BCUT2D eigenvalue weighted by Gasteiger charge is 2.23. The van der Waals surface area contributed by atoms with Crippen LogP contribution in [0.15, 0.2) is 40.8 Å². The largest absolute Gasteiger partial charge is 0.493 e. The van der Waals surface area contributed by atoms with E-state index >= 15 is 0 Å². The molecule has 1 heterocycles. The van der Waals surface area contributed by atoms with Crippen molar-refractivity contribution in [1.82, 2.24) is 0 Å².